The van der Waals surface area contributed by atoms with Crippen molar-refractivity contribution in [3.05, 3.63) is 35.4 Å². The van der Waals surface area contributed by atoms with Gasteiger partial charge in [-0.2, -0.15) is 13.2 Å². The molecule has 1 aromatic carbocycles. The van der Waals surface area contributed by atoms with Crippen LogP contribution in [0.1, 0.15) is 18.1 Å². The molecule has 18 heavy (non-hydrogen) atoms. The molecule has 0 bridgehead atoms. The topological polar surface area (TPSA) is 46.2 Å². The Morgan fingerprint density at radius 3 is 2.28 bits per heavy atom. The highest BCUT2D eigenvalue weighted by atomic mass is 35.5. The molecular weight excluding hydrogens is 281 g/mol. The van der Waals surface area contributed by atoms with E-state index in [1.54, 1.807) is 0 Å². The van der Waals surface area contributed by atoms with E-state index in [0.717, 1.165) is 18.2 Å². The van der Waals surface area contributed by atoms with Gasteiger partial charge in [0, 0.05) is 12.0 Å². The number of hydrogen-bond acceptors (Lipinski definition) is 2. The fraction of sp³-hybridized carbons (Fsp3) is 0.400. The first kappa shape index (κ1) is 17.1. The second kappa shape index (κ2) is 6.31. The van der Waals surface area contributed by atoms with Crippen LogP contribution >= 0.6 is 12.4 Å². The summed E-state index contributed by atoms with van der Waals surface area (Å²) in [6.45, 7) is 0. The van der Waals surface area contributed by atoms with Crippen molar-refractivity contribution in [3.63, 3.8) is 0 Å². The molecule has 1 rings (SSSR count). The van der Waals surface area contributed by atoms with Crippen molar-refractivity contribution in [2.24, 2.45) is 5.73 Å². The predicted molar refractivity (Wildman–Crippen MR) is 57.2 cm³/mol. The van der Waals surface area contributed by atoms with Crippen molar-refractivity contribution in [1.82, 2.24) is 0 Å². The van der Waals surface area contributed by atoms with Crippen LogP contribution in [0.4, 0.5) is 22.0 Å². The number of benzene rings is 1. The summed E-state index contributed by atoms with van der Waals surface area (Å²) in [5.74, 6) is -2.60. The summed E-state index contributed by atoms with van der Waals surface area (Å²) in [6.07, 6.45) is -7.42. The van der Waals surface area contributed by atoms with Crippen LogP contribution in [0.3, 0.4) is 0 Å². The van der Waals surface area contributed by atoms with Crippen LogP contribution in [-0.2, 0) is 0 Å². The average molecular weight is 292 g/mol. The molecule has 8 heteroatoms. The highest BCUT2D eigenvalue weighted by molar-refractivity contribution is 5.85. The van der Waals surface area contributed by atoms with Crippen molar-refractivity contribution >= 4 is 12.4 Å². The Balaban J connectivity index is 0.00000289. The van der Waals surface area contributed by atoms with Gasteiger partial charge in [-0.05, 0) is 6.07 Å². The van der Waals surface area contributed by atoms with Gasteiger partial charge < -0.3 is 10.8 Å². The van der Waals surface area contributed by atoms with Gasteiger partial charge in [-0.15, -0.1) is 12.4 Å². The first-order valence-corrected chi connectivity index (χ1v) is 4.67. The lowest BCUT2D eigenvalue weighted by Gasteiger charge is -2.19. The van der Waals surface area contributed by atoms with Crippen molar-refractivity contribution in [3.8, 4) is 0 Å². The minimum atomic E-state index is -4.69. The maximum Gasteiger partial charge on any atom is 0.403 e. The zero-order chi connectivity index (χ0) is 13.2. The quantitative estimate of drug-likeness (QED) is 0.841. The molecule has 0 aliphatic carbocycles. The van der Waals surface area contributed by atoms with Crippen molar-refractivity contribution < 1.29 is 27.1 Å². The number of aliphatic hydroxyl groups excluding tert-OH is 1. The predicted octanol–water partition coefficient (Wildman–Crippen LogP) is 2.70. The van der Waals surface area contributed by atoms with Gasteiger partial charge >= 0.3 is 6.18 Å². The summed E-state index contributed by atoms with van der Waals surface area (Å²) >= 11 is 0. The molecular formula is C10H11ClF5NO. The van der Waals surface area contributed by atoms with E-state index < -0.39 is 41.9 Å². The monoisotopic (exact) mass is 291 g/mol. The third kappa shape index (κ3) is 4.08. The van der Waals surface area contributed by atoms with E-state index in [9.17, 15) is 27.1 Å². The van der Waals surface area contributed by atoms with Crippen molar-refractivity contribution in [2.45, 2.75) is 24.7 Å². The summed E-state index contributed by atoms with van der Waals surface area (Å²) < 4.78 is 62.2. The van der Waals surface area contributed by atoms with Gasteiger partial charge in [0.15, 0.2) is 11.6 Å². The van der Waals surface area contributed by atoms with E-state index in [2.05, 4.69) is 0 Å². The van der Waals surface area contributed by atoms with E-state index in [0.29, 0.717) is 0 Å². The fourth-order valence-electron chi connectivity index (χ4n) is 1.28. The van der Waals surface area contributed by atoms with Gasteiger partial charge in [0.25, 0.3) is 0 Å². The molecule has 0 aliphatic rings. The second-order valence-corrected chi connectivity index (χ2v) is 3.54. The molecule has 0 amide bonds. The number of alkyl halides is 3. The Bertz CT molecular complexity index is 398. The molecule has 0 heterocycles. The van der Waals surface area contributed by atoms with Gasteiger partial charge in [-0.25, -0.2) is 8.78 Å². The molecule has 0 saturated heterocycles. The van der Waals surface area contributed by atoms with Crippen LogP contribution in [0.5, 0.6) is 0 Å². The molecule has 0 fully saturated rings. The molecule has 3 N–H and O–H groups in total. The standard InChI is InChI=1S/C10H10F5NO.ClH/c11-6-3-1-2-5(9(6)12)7(17)4-8(16)10(13,14)15;/h1-3,7-8,17H,4,16H2;1H/t7-,8-;/m1./s1. The third-order valence-electron chi connectivity index (χ3n) is 2.24. The molecule has 0 radical (unpaired) electrons. The average Bonchev–Trinajstić information content (AvgIpc) is 2.20. The van der Waals surface area contributed by atoms with E-state index in [1.165, 1.54) is 0 Å². The number of halogens is 6. The molecule has 1 aromatic rings. The highest BCUT2D eigenvalue weighted by Crippen LogP contribution is 2.28. The minimum Gasteiger partial charge on any atom is -0.388 e. The summed E-state index contributed by atoms with van der Waals surface area (Å²) in [5, 5.41) is 9.37. The minimum absolute atomic E-state index is 0. The lowest BCUT2D eigenvalue weighted by atomic mass is 10.0. The van der Waals surface area contributed by atoms with Crippen molar-refractivity contribution in [1.29, 1.82) is 0 Å². The molecule has 0 unspecified atom stereocenters. The fourth-order valence-corrected chi connectivity index (χ4v) is 1.28. The summed E-state index contributed by atoms with van der Waals surface area (Å²) in [4.78, 5) is 0. The highest BCUT2D eigenvalue weighted by Gasteiger charge is 2.38. The zero-order valence-corrected chi connectivity index (χ0v) is 9.73. The normalized spacial score (nSPS) is 14.8. The maximum absolute atomic E-state index is 13.1. The zero-order valence-electron chi connectivity index (χ0n) is 8.92. The molecule has 2 nitrogen and oxygen atoms in total. The van der Waals surface area contributed by atoms with Crippen LogP contribution in [0, 0.1) is 11.6 Å². The molecule has 2 atom stereocenters. The van der Waals surface area contributed by atoms with Crippen molar-refractivity contribution in [2.75, 3.05) is 0 Å². The second-order valence-electron chi connectivity index (χ2n) is 3.54. The first-order valence-electron chi connectivity index (χ1n) is 4.67. The first-order chi connectivity index (χ1) is 7.73. The molecule has 0 aromatic heterocycles. The Morgan fingerprint density at radius 2 is 1.78 bits per heavy atom. The van der Waals surface area contributed by atoms with Gasteiger partial charge in [0.2, 0.25) is 0 Å². The smallest absolute Gasteiger partial charge is 0.388 e. The Kier molecular flexibility index (Phi) is 5.98. The van der Waals surface area contributed by atoms with E-state index in [4.69, 9.17) is 5.73 Å². The van der Waals surface area contributed by atoms with Crippen LogP contribution in [0.15, 0.2) is 18.2 Å². The Morgan fingerprint density at radius 1 is 1.22 bits per heavy atom. The van der Waals surface area contributed by atoms with Gasteiger partial charge in [0.1, 0.15) is 6.04 Å². The Labute approximate surface area is 106 Å². The number of aliphatic hydroxyl groups is 1. The Hall–Kier alpha value is -0.920. The lowest BCUT2D eigenvalue weighted by molar-refractivity contribution is -0.154. The molecule has 0 saturated carbocycles. The SMILES string of the molecule is Cl.N[C@H](C[C@@H](O)c1cccc(F)c1F)C(F)(F)F. The lowest BCUT2D eigenvalue weighted by Crippen LogP contribution is -2.38. The largest absolute Gasteiger partial charge is 0.403 e. The van der Waals surface area contributed by atoms with Crippen LogP contribution in [0.2, 0.25) is 0 Å². The molecule has 0 aliphatic heterocycles. The third-order valence-corrected chi connectivity index (χ3v) is 2.24. The van der Waals surface area contributed by atoms with Crippen LogP contribution in [0.25, 0.3) is 0 Å². The van der Waals surface area contributed by atoms with E-state index >= 15 is 0 Å². The maximum atomic E-state index is 13.1. The van der Waals surface area contributed by atoms with E-state index in [-0.39, 0.29) is 12.4 Å². The summed E-state index contributed by atoms with van der Waals surface area (Å²) in [6, 6.07) is 0.609. The number of hydrogen-bond donors (Lipinski definition) is 2. The molecule has 104 valence electrons. The molecule has 0 spiro atoms. The summed E-state index contributed by atoms with van der Waals surface area (Å²) in [7, 11) is 0. The van der Waals surface area contributed by atoms with Crippen LogP contribution in [-0.4, -0.2) is 17.3 Å². The van der Waals surface area contributed by atoms with Gasteiger partial charge in [-0.3, -0.25) is 0 Å². The van der Waals surface area contributed by atoms with E-state index in [1.807, 2.05) is 0 Å². The van der Waals surface area contributed by atoms with Gasteiger partial charge in [-0.1, -0.05) is 12.1 Å². The van der Waals surface area contributed by atoms with Crippen LogP contribution < -0.4 is 5.73 Å². The van der Waals surface area contributed by atoms with Gasteiger partial charge in [0.05, 0.1) is 6.10 Å². The summed E-state index contributed by atoms with van der Waals surface area (Å²) in [5.41, 5.74) is 4.24. The number of nitrogens with two attached hydrogens (primary N) is 1. The number of rotatable bonds is 3.